The first-order valence-electron chi connectivity index (χ1n) is 19.6. The van der Waals surface area contributed by atoms with Crippen LogP contribution < -0.4 is 0 Å². The van der Waals surface area contributed by atoms with Crippen LogP contribution in [-0.2, 0) is 0 Å². The van der Waals surface area contributed by atoms with E-state index in [2.05, 4.69) is 6.07 Å². The van der Waals surface area contributed by atoms with Gasteiger partial charge >= 0.3 is 0 Å². The summed E-state index contributed by atoms with van der Waals surface area (Å²) in [5.74, 6) is 0.690. The molecule has 0 bridgehead atoms. The van der Waals surface area contributed by atoms with E-state index in [1.165, 1.54) is 0 Å². The van der Waals surface area contributed by atoms with E-state index in [1.807, 2.05) is 115 Å². The summed E-state index contributed by atoms with van der Waals surface area (Å²) in [6, 6.07) is 37.4. The van der Waals surface area contributed by atoms with Gasteiger partial charge in [0.2, 0.25) is 0 Å². The molecule has 5 nitrogen and oxygen atoms in total. The van der Waals surface area contributed by atoms with Crippen LogP contribution >= 0.6 is 0 Å². The van der Waals surface area contributed by atoms with Gasteiger partial charge < -0.3 is 8.98 Å². The van der Waals surface area contributed by atoms with Crippen molar-refractivity contribution >= 4 is 43.7 Å². The van der Waals surface area contributed by atoms with Crippen molar-refractivity contribution in [2.24, 2.45) is 0 Å². The third-order valence-electron chi connectivity index (χ3n) is 8.95. The minimum absolute atomic E-state index is 0.0489. The quantitative estimate of drug-likeness (QED) is 0.186. The molecule has 0 saturated carbocycles. The molecule has 3 heterocycles. The van der Waals surface area contributed by atoms with E-state index in [9.17, 15) is 4.11 Å². The van der Waals surface area contributed by atoms with Gasteiger partial charge in [0.05, 0.1) is 20.6 Å². The third-order valence-corrected chi connectivity index (χ3v) is 8.95. The van der Waals surface area contributed by atoms with E-state index in [1.54, 1.807) is 10.6 Å². The Morgan fingerprint density at radius 1 is 0.460 bits per heavy atom. The Hall–Kier alpha value is -6.85. The Morgan fingerprint density at radius 2 is 1.04 bits per heavy atom. The Morgan fingerprint density at radius 3 is 1.74 bits per heavy atom. The van der Waals surface area contributed by atoms with Crippen LogP contribution in [0.15, 0.2) is 174 Å². The first kappa shape index (κ1) is 21.9. The minimum Gasteiger partial charge on any atom is -0.456 e. The number of furan rings is 1. The maximum absolute atomic E-state index is 9.45. The molecular weight excluding hydrogens is 613 g/mol. The highest BCUT2D eigenvalue weighted by Crippen LogP contribution is 2.40. The Kier molecular flexibility index (Phi) is 4.99. The molecule has 10 rings (SSSR count). The Labute approximate surface area is 297 Å². The molecule has 0 aliphatic heterocycles. The van der Waals surface area contributed by atoms with Crippen LogP contribution in [0.3, 0.4) is 0 Å². The van der Waals surface area contributed by atoms with E-state index < -0.39 is 18.1 Å². The number of rotatable bonds is 5. The van der Waals surface area contributed by atoms with Gasteiger partial charge in [-0.05, 0) is 53.5 Å². The van der Waals surface area contributed by atoms with Crippen molar-refractivity contribution in [3.05, 3.63) is 170 Å². The third kappa shape index (κ3) is 4.60. The summed E-state index contributed by atoms with van der Waals surface area (Å²) >= 11 is 0. The van der Waals surface area contributed by atoms with Crippen molar-refractivity contribution in [1.29, 1.82) is 0 Å². The molecule has 7 aromatic carbocycles. The van der Waals surface area contributed by atoms with Crippen LogP contribution in [0.25, 0.3) is 94.7 Å². The van der Waals surface area contributed by atoms with Crippen LogP contribution in [0.1, 0.15) is 9.60 Å². The lowest BCUT2D eigenvalue weighted by atomic mass is 10.0. The average molecular weight is 648 g/mol. The molecule has 0 N–H and O–H groups in total. The molecule has 0 saturated heterocycles. The molecule has 0 aliphatic rings. The van der Waals surface area contributed by atoms with Gasteiger partial charge in [0, 0.05) is 43.9 Å². The maximum atomic E-state index is 9.45. The summed E-state index contributed by atoms with van der Waals surface area (Å²) in [6.45, 7) is 0. The predicted octanol–water partition coefficient (Wildman–Crippen LogP) is 11.5. The number of hydrogen-bond donors (Lipinski definition) is 0. The zero-order valence-electron chi connectivity index (χ0n) is 33.3. The van der Waals surface area contributed by atoms with Gasteiger partial charge in [0.25, 0.3) is 0 Å². The second kappa shape index (κ2) is 11.4. The molecule has 0 unspecified atom stereocenters. The van der Waals surface area contributed by atoms with Gasteiger partial charge in [-0.3, -0.25) is 0 Å². The lowest BCUT2D eigenvalue weighted by Crippen LogP contribution is -2.02. The van der Waals surface area contributed by atoms with Gasteiger partial charge in [0.15, 0.2) is 17.5 Å². The maximum Gasteiger partial charge on any atom is 0.166 e. The number of benzene rings is 7. The van der Waals surface area contributed by atoms with Gasteiger partial charge in [-0.15, -0.1) is 0 Å². The molecule has 0 fully saturated rings. The summed E-state index contributed by atoms with van der Waals surface area (Å²) in [7, 11) is 0. The smallest absolute Gasteiger partial charge is 0.166 e. The van der Waals surface area contributed by atoms with Gasteiger partial charge in [-0.2, -0.15) is 0 Å². The number of hydrogen-bond acceptors (Lipinski definition) is 4. The fraction of sp³-hybridized carbons (Fsp3) is 0. The topological polar surface area (TPSA) is 56.7 Å². The van der Waals surface area contributed by atoms with E-state index in [4.69, 9.17) is 24.9 Å². The fourth-order valence-corrected chi connectivity index (χ4v) is 6.63. The van der Waals surface area contributed by atoms with Gasteiger partial charge in [0.1, 0.15) is 11.2 Å². The van der Waals surface area contributed by atoms with E-state index in [0.717, 1.165) is 21.9 Å². The Balaban J connectivity index is 1.35. The van der Waals surface area contributed by atoms with E-state index >= 15 is 0 Å². The van der Waals surface area contributed by atoms with E-state index in [-0.39, 0.29) is 57.4 Å². The SMILES string of the molecule is [2H]c1c([2H])c([2H])c2c(c1[2H])c1c([2H])c([2H])c([2H])c(-c3nc(-c4ccccc4)nc(-c4ccccc4)n3)c1n2-c1ccc2oc3ccc(-c4ccccc4)cc3c2c1. The fourth-order valence-electron chi connectivity index (χ4n) is 6.63. The van der Waals surface area contributed by atoms with Crippen molar-refractivity contribution in [1.82, 2.24) is 19.5 Å². The Bertz CT molecular complexity index is 3200. The second-order valence-electron chi connectivity index (χ2n) is 11.9. The molecule has 5 heteroatoms. The predicted molar refractivity (Wildman–Crippen MR) is 203 cm³/mol. The van der Waals surface area contributed by atoms with Gasteiger partial charge in [-0.25, -0.2) is 15.0 Å². The summed E-state index contributed by atoms with van der Waals surface area (Å²) in [6.07, 6.45) is 0. The number of aromatic nitrogens is 4. The number of para-hydroxylation sites is 2. The second-order valence-corrected chi connectivity index (χ2v) is 11.9. The summed E-state index contributed by atoms with van der Waals surface area (Å²) in [4.78, 5) is 14.6. The monoisotopic (exact) mass is 647 g/mol. The molecule has 0 spiro atoms. The first-order chi connectivity index (χ1) is 27.7. The standard InChI is InChI=1S/C45H28N4O/c1-4-13-29(14-5-1)32-23-25-40-37(27-32)38-28-33(24-26-41(38)50-40)49-39-22-11-10-19-34(39)35-20-12-21-36(42(35)49)45-47-43(30-15-6-2-7-16-30)46-44(48-45)31-17-8-3-9-18-31/h1-28H/i10D,11D,12D,19D,20D,21D,22D. The molecule has 50 heavy (non-hydrogen) atoms. The largest absolute Gasteiger partial charge is 0.456 e. The molecule has 0 radical (unpaired) electrons. The lowest BCUT2D eigenvalue weighted by molar-refractivity contribution is 0.669. The molecular formula is C45H28N4O. The van der Waals surface area contributed by atoms with Crippen LogP contribution in [0.4, 0.5) is 0 Å². The van der Waals surface area contributed by atoms with Crippen LogP contribution in [0, 0.1) is 0 Å². The van der Waals surface area contributed by atoms with Gasteiger partial charge in [-0.1, -0.05) is 127 Å². The van der Waals surface area contributed by atoms with Crippen molar-refractivity contribution < 1.29 is 14.0 Å². The van der Waals surface area contributed by atoms with Crippen LogP contribution in [0.2, 0.25) is 0 Å². The zero-order chi connectivity index (χ0) is 39.1. The molecule has 0 amide bonds. The van der Waals surface area contributed by atoms with E-state index in [0.29, 0.717) is 39.6 Å². The summed E-state index contributed by atoms with van der Waals surface area (Å²) < 4.78 is 71.5. The number of fused-ring (bicyclic) bond motifs is 6. The molecule has 3 aromatic heterocycles. The molecule has 234 valence electrons. The molecule has 10 aromatic rings. The van der Waals surface area contributed by atoms with Crippen LogP contribution in [0.5, 0.6) is 0 Å². The molecule has 0 atom stereocenters. The first-order valence-corrected chi connectivity index (χ1v) is 16.1. The highest BCUT2D eigenvalue weighted by atomic mass is 16.3. The highest BCUT2D eigenvalue weighted by Gasteiger charge is 2.21. The van der Waals surface area contributed by atoms with Crippen molar-refractivity contribution in [2.45, 2.75) is 0 Å². The lowest BCUT2D eigenvalue weighted by Gasteiger charge is -2.13. The van der Waals surface area contributed by atoms with Crippen LogP contribution in [-0.4, -0.2) is 19.5 Å². The summed E-state index contributed by atoms with van der Waals surface area (Å²) in [5.41, 5.74) is 5.54. The molecule has 0 aliphatic carbocycles. The number of nitrogens with zero attached hydrogens (tertiary/aromatic N) is 4. The summed E-state index contributed by atoms with van der Waals surface area (Å²) in [5, 5.41) is 1.73. The van der Waals surface area contributed by atoms with Crippen molar-refractivity contribution in [2.75, 3.05) is 0 Å². The zero-order valence-corrected chi connectivity index (χ0v) is 26.3. The average Bonchev–Trinajstić information content (AvgIpc) is 3.81. The highest BCUT2D eigenvalue weighted by molar-refractivity contribution is 6.14. The van der Waals surface area contributed by atoms with Crippen molar-refractivity contribution in [3.63, 3.8) is 0 Å². The van der Waals surface area contributed by atoms with Crippen molar-refractivity contribution in [3.8, 4) is 51.0 Å². The minimum atomic E-state index is -0.475. The normalized spacial score (nSPS) is 13.6.